The van der Waals surface area contributed by atoms with Crippen LogP contribution in [-0.4, -0.2) is 43.3 Å². The van der Waals surface area contributed by atoms with Crippen molar-refractivity contribution in [1.82, 2.24) is 10.2 Å². The fourth-order valence-electron chi connectivity index (χ4n) is 1.37. The number of hydrogen-bond donors (Lipinski definition) is 2. The number of methoxy groups -OCH3 is 1. The third kappa shape index (κ3) is 3.16. The van der Waals surface area contributed by atoms with Crippen molar-refractivity contribution in [2.45, 2.75) is 6.42 Å². The number of amidine groups is 1. The molecule has 0 bridgehead atoms. The second-order valence-corrected chi connectivity index (χ2v) is 3.45. The molecule has 0 saturated heterocycles. The largest absolute Gasteiger partial charge is 0.385 e. The van der Waals surface area contributed by atoms with Gasteiger partial charge in [-0.3, -0.25) is 5.41 Å². The second kappa shape index (κ2) is 6.02. The van der Waals surface area contributed by atoms with Crippen LogP contribution in [0.25, 0.3) is 0 Å². The lowest BCUT2D eigenvalue weighted by Crippen LogP contribution is -2.25. The van der Waals surface area contributed by atoms with E-state index in [-0.39, 0.29) is 5.84 Å². The average Bonchev–Trinajstić information content (AvgIpc) is 2.29. The summed E-state index contributed by atoms with van der Waals surface area (Å²) in [5.74, 6) is 0.634. The van der Waals surface area contributed by atoms with Crippen molar-refractivity contribution < 1.29 is 4.74 Å². The fraction of sp³-hybridized carbons (Fsp3) is 0.500. The van der Waals surface area contributed by atoms with Gasteiger partial charge in [-0.2, -0.15) is 5.10 Å². The zero-order chi connectivity index (χ0) is 12.0. The van der Waals surface area contributed by atoms with Gasteiger partial charge in [-0.1, -0.05) is 0 Å². The van der Waals surface area contributed by atoms with E-state index in [0.717, 1.165) is 13.0 Å². The number of nitrogens with two attached hydrogens (primary N) is 1. The number of hydrogen-bond acceptors (Lipinski definition) is 5. The first-order chi connectivity index (χ1) is 7.66. The van der Waals surface area contributed by atoms with Crippen molar-refractivity contribution in [2.24, 2.45) is 5.73 Å². The van der Waals surface area contributed by atoms with E-state index in [1.807, 2.05) is 11.9 Å². The molecule has 0 amide bonds. The van der Waals surface area contributed by atoms with Crippen molar-refractivity contribution in [3.63, 3.8) is 0 Å². The Bertz CT molecular complexity index is 355. The second-order valence-electron chi connectivity index (χ2n) is 3.45. The predicted molar refractivity (Wildman–Crippen MR) is 62.8 cm³/mol. The molecule has 0 aliphatic carbocycles. The third-order valence-corrected chi connectivity index (χ3v) is 2.19. The number of ether oxygens (including phenoxy) is 1. The van der Waals surface area contributed by atoms with Crippen LogP contribution in [0, 0.1) is 5.41 Å². The Kier molecular flexibility index (Phi) is 4.65. The molecule has 6 heteroatoms. The third-order valence-electron chi connectivity index (χ3n) is 2.19. The predicted octanol–water partition coefficient (Wildman–Crippen LogP) is 0.233. The standard InChI is InChI=1S/C10H17N5O/c1-15(6-3-7-16-2)10-8(9(11)12)4-5-13-14-10/h4-5H,3,6-7H2,1-2H3,(H3,11,12). The maximum atomic E-state index is 7.44. The van der Waals surface area contributed by atoms with E-state index in [1.54, 1.807) is 13.2 Å². The summed E-state index contributed by atoms with van der Waals surface area (Å²) < 4.78 is 4.98. The Hall–Kier alpha value is -1.69. The summed E-state index contributed by atoms with van der Waals surface area (Å²) in [5.41, 5.74) is 6.08. The average molecular weight is 223 g/mol. The molecule has 0 unspecified atom stereocenters. The summed E-state index contributed by atoms with van der Waals surface area (Å²) in [4.78, 5) is 1.92. The Balaban J connectivity index is 2.74. The molecule has 1 aromatic rings. The van der Waals surface area contributed by atoms with Crippen LogP contribution in [0.5, 0.6) is 0 Å². The van der Waals surface area contributed by atoms with E-state index in [4.69, 9.17) is 15.9 Å². The molecule has 3 N–H and O–H groups in total. The molecule has 0 fully saturated rings. The van der Waals surface area contributed by atoms with Crippen molar-refractivity contribution in [3.05, 3.63) is 17.8 Å². The monoisotopic (exact) mass is 223 g/mol. The van der Waals surface area contributed by atoms with Gasteiger partial charge in [0.05, 0.1) is 11.8 Å². The molecule has 0 aliphatic heterocycles. The molecule has 1 heterocycles. The number of nitrogens with one attached hydrogen (secondary N) is 1. The highest BCUT2D eigenvalue weighted by Crippen LogP contribution is 2.13. The molecular weight excluding hydrogens is 206 g/mol. The topological polar surface area (TPSA) is 88.1 Å². The molecule has 0 radical (unpaired) electrons. The van der Waals surface area contributed by atoms with Crippen LogP contribution in [0.4, 0.5) is 5.82 Å². The zero-order valence-corrected chi connectivity index (χ0v) is 9.60. The number of rotatable bonds is 6. The lowest BCUT2D eigenvalue weighted by Gasteiger charge is -2.19. The van der Waals surface area contributed by atoms with E-state index in [0.29, 0.717) is 18.0 Å². The molecule has 0 aromatic carbocycles. The highest BCUT2D eigenvalue weighted by atomic mass is 16.5. The zero-order valence-electron chi connectivity index (χ0n) is 9.60. The quantitative estimate of drug-likeness (QED) is 0.409. The van der Waals surface area contributed by atoms with Gasteiger partial charge in [0.25, 0.3) is 0 Å². The molecule has 0 atom stereocenters. The van der Waals surface area contributed by atoms with Crippen LogP contribution in [0.1, 0.15) is 12.0 Å². The summed E-state index contributed by atoms with van der Waals surface area (Å²) in [7, 11) is 3.56. The van der Waals surface area contributed by atoms with Gasteiger partial charge < -0.3 is 15.4 Å². The molecule has 1 rings (SSSR count). The summed E-state index contributed by atoms with van der Waals surface area (Å²) in [6.45, 7) is 1.48. The first-order valence-electron chi connectivity index (χ1n) is 5.03. The molecule has 1 aromatic heterocycles. The fourth-order valence-corrected chi connectivity index (χ4v) is 1.37. The number of aromatic nitrogens is 2. The Morgan fingerprint density at radius 2 is 2.38 bits per heavy atom. The number of nitrogen functional groups attached to an aromatic ring is 1. The van der Waals surface area contributed by atoms with Gasteiger partial charge in [0, 0.05) is 27.3 Å². The maximum Gasteiger partial charge on any atom is 0.162 e. The van der Waals surface area contributed by atoms with Crippen LogP contribution >= 0.6 is 0 Å². The summed E-state index contributed by atoms with van der Waals surface area (Å²) in [6, 6.07) is 1.69. The summed E-state index contributed by atoms with van der Waals surface area (Å²) in [6.07, 6.45) is 2.42. The minimum atomic E-state index is 0.00323. The van der Waals surface area contributed by atoms with Crippen LogP contribution in [0.2, 0.25) is 0 Å². The maximum absolute atomic E-state index is 7.44. The SMILES string of the molecule is COCCCN(C)c1nnccc1C(=N)N. The van der Waals surface area contributed by atoms with Crippen LogP contribution < -0.4 is 10.6 Å². The van der Waals surface area contributed by atoms with Crippen LogP contribution in [-0.2, 0) is 4.74 Å². The molecular formula is C10H17N5O. The summed E-state index contributed by atoms with van der Waals surface area (Å²) in [5, 5.41) is 15.2. The van der Waals surface area contributed by atoms with Gasteiger partial charge in [0.1, 0.15) is 5.84 Å². The highest BCUT2D eigenvalue weighted by molar-refractivity contribution is 5.99. The Labute approximate surface area is 94.9 Å². The minimum absolute atomic E-state index is 0.00323. The summed E-state index contributed by atoms with van der Waals surface area (Å²) >= 11 is 0. The van der Waals surface area contributed by atoms with Gasteiger partial charge in [-0.25, -0.2) is 0 Å². The van der Waals surface area contributed by atoms with Crippen molar-refractivity contribution in [2.75, 3.05) is 32.2 Å². The van der Waals surface area contributed by atoms with Crippen LogP contribution in [0.3, 0.4) is 0 Å². The number of anilines is 1. The van der Waals surface area contributed by atoms with Gasteiger partial charge in [-0.05, 0) is 12.5 Å². The van der Waals surface area contributed by atoms with Crippen LogP contribution in [0.15, 0.2) is 12.3 Å². The highest BCUT2D eigenvalue weighted by Gasteiger charge is 2.10. The molecule has 16 heavy (non-hydrogen) atoms. The molecule has 6 nitrogen and oxygen atoms in total. The lowest BCUT2D eigenvalue weighted by atomic mass is 10.2. The van der Waals surface area contributed by atoms with Gasteiger partial charge in [0.2, 0.25) is 0 Å². The van der Waals surface area contributed by atoms with E-state index >= 15 is 0 Å². The molecule has 0 spiro atoms. The molecule has 0 saturated carbocycles. The van der Waals surface area contributed by atoms with E-state index in [1.165, 1.54) is 6.20 Å². The lowest BCUT2D eigenvalue weighted by molar-refractivity contribution is 0.196. The van der Waals surface area contributed by atoms with Gasteiger partial charge >= 0.3 is 0 Å². The molecule has 0 aliphatic rings. The Morgan fingerprint density at radius 1 is 1.62 bits per heavy atom. The van der Waals surface area contributed by atoms with Gasteiger partial charge in [-0.15, -0.1) is 5.10 Å². The van der Waals surface area contributed by atoms with Crippen molar-refractivity contribution in [3.8, 4) is 0 Å². The first kappa shape index (κ1) is 12.4. The van der Waals surface area contributed by atoms with Gasteiger partial charge in [0.15, 0.2) is 5.82 Å². The first-order valence-corrected chi connectivity index (χ1v) is 5.03. The van der Waals surface area contributed by atoms with E-state index in [9.17, 15) is 0 Å². The van der Waals surface area contributed by atoms with Crippen molar-refractivity contribution >= 4 is 11.7 Å². The molecule has 88 valence electrons. The van der Waals surface area contributed by atoms with E-state index in [2.05, 4.69) is 10.2 Å². The normalized spacial score (nSPS) is 10.1. The van der Waals surface area contributed by atoms with E-state index < -0.39 is 0 Å². The smallest absolute Gasteiger partial charge is 0.162 e. The van der Waals surface area contributed by atoms with Crippen molar-refractivity contribution in [1.29, 1.82) is 5.41 Å². The minimum Gasteiger partial charge on any atom is -0.385 e. The number of nitrogens with zero attached hydrogens (tertiary/aromatic N) is 3. The Morgan fingerprint density at radius 3 is 3.00 bits per heavy atom.